The van der Waals surface area contributed by atoms with Crippen molar-refractivity contribution in [3.8, 4) is 0 Å². The SMILES string of the molecule is C.C=CC(=C)C.CC1CCOC1.CO. The number of ether oxygens (including phenoxy) is 1. The monoisotopic (exact) mass is 202 g/mol. The Labute approximate surface area is 89.3 Å². The molecule has 1 N–H and O–H groups in total. The van der Waals surface area contributed by atoms with Gasteiger partial charge in [-0.3, -0.25) is 0 Å². The van der Waals surface area contributed by atoms with Gasteiger partial charge >= 0.3 is 0 Å². The van der Waals surface area contributed by atoms with Gasteiger partial charge in [0.1, 0.15) is 0 Å². The second kappa shape index (κ2) is 14.9. The van der Waals surface area contributed by atoms with Crippen LogP contribution in [0.4, 0.5) is 0 Å². The zero-order valence-corrected chi connectivity index (χ0v) is 9.05. The fraction of sp³-hybridized carbons (Fsp3) is 0.667. The summed E-state index contributed by atoms with van der Waals surface area (Å²) in [5.74, 6) is 0.824. The maximum atomic E-state index is 7.00. The van der Waals surface area contributed by atoms with Gasteiger partial charge in [-0.15, -0.1) is 0 Å². The second-order valence-electron chi connectivity index (χ2n) is 3.02. The van der Waals surface area contributed by atoms with E-state index in [0.717, 1.165) is 31.8 Å². The third-order valence-corrected chi connectivity index (χ3v) is 1.51. The molecule has 1 unspecified atom stereocenters. The molecule has 1 saturated heterocycles. The van der Waals surface area contributed by atoms with E-state index in [-0.39, 0.29) is 7.43 Å². The Kier molecular flexibility index (Phi) is 20.3. The maximum Gasteiger partial charge on any atom is 0.0492 e. The van der Waals surface area contributed by atoms with E-state index in [4.69, 9.17) is 9.84 Å². The predicted octanol–water partition coefficient (Wildman–Crippen LogP) is 3.04. The Balaban J connectivity index is -0.000000141. The zero-order valence-electron chi connectivity index (χ0n) is 9.05. The lowest BCUT2D eigenvalue weighted by molar-refractivity contribution is 0.188. The molecule has 1 heterocycles. The second-order valence-corrected chi connectivity index (χ2v) is 3.02. The van der Waals surface area contributed by atoms with Gasteiger partial charge in [-0.05, 0) is 19.3 Å². The van der Waals surface area contributed by atoms with E-state index in [1.165, 1.54) is 6.42 Å². The Morgan fingerprint density at radius 3 is 2.00 bits per heavy atom. The molecule has 1 fully saturated rings. The minimum absolute atomic E-state index is 0. The maximum absolute atomic E-state index is 7.00. The smallest absolute Gasteiger partial charge is 0.0492 e. The van der Waals surface area contributed by atoms with Gasteiger partial charge in [0.15, 0.2) is 0 Å². The zero-order chi connectivity index (χ0) is 10.7. The van der Waals surface area contributed by atoms with Gasteiger partial charge < -0.3 is 9.84 Å². The highest BCUT2D eigenvalue weighted by Gasteiger charge is 2.07. The molecule has 2 heteroatoms. The van der Waals surface area contributed by atoms with Crippen LogP contribution >= 0.6 is 0 Å². The lowest BCUT2D eigenvalue weighted by atomic mass is 10.2. The Morgan fingerprint density at radius 2 is 1.93 bits per heavy atom. The van der Waals surface area contributed by atoms with Crippen LogP contribution in [0, 0.1) is 5.92 Å². The van der Waals surface area contributed by atoms with E-state index < -0.39 is 0 Å². The summed E-state index contributed by atoms with van der Waals surface area (Å²) in [5.41, 5.74) is 1.02. The van der Waals surface area contributed by atoms with Crippen LogP contribution in [0.5, 0.6) is 0 Å². The molecule has 0 saturated carbocycles. The third-order valence-electron chi connectivity index (χ3n) is 1.51. The van der Waals surface area contributed by atoms with Crippen LogP contribution in [0.1, 0.15) is 27.7 Å². The van der Waals surface area contributed by atoms with Crippen LogP contribution in [-0.4, -0.2) is 25.4 Å². The molecule has 0 aromatic rings. The molecule has 86 valence electrons. The summed E-state index contributed by atoms with van der Waals surface area (Å²) in [6.07, 6.45) is 2.99. The number of hydrogen-bond acceptors (Lipinski definition) is 2. The largest absolute Gasteiger partial charge is 0.400 e. The molecule has 0 aromatic carbocycles. The number of aliphatic hydroxyl groups excluding tert-OH is 1. The van der Waals surface area contributed by atoms with Crippen LogP contribution in [0.2, 0.25) is 0 Å². The molecular weight excluding hydrogens is 176 g/mol. The van der Waals surface area contributed by atoms with E-state index in [0.29, 0.717) is 0 Å². The van der Waals surface area contributed by atoms with Gasteiger partial charge in [-0.1, -0.05) is 39.2 Å². The van der Waals surface area contributed by atoms with Gasteiger partial charge in [-0.2, -0.15) is 0 Å². The van der Waals surface area contributed by atoms with Crippen molar-refractivity contribution < 1.29 is 9.84 Å². The molecule has 0 radical (unpaired) electrons. The summed E-state index contributed by atoms with van der Waals surface area (Å²) in [4.78, 5) is 0. The minimum Gasteiger partial charge on any atom is -0.400 e. The lowest BCUT2D eigenvalue weighted by Crippen LogP contribution is -1.88. The predicted molar refractivity (Wildman–Crippen MR) is 64.5 cm³/mol. The highest BCUT2D eigenvalue weighted by atomic mass is 16.5. The molecule has 0 aliphatic carbocycles. The lowest BCUT2D eigenvalue weighted by Gasteiger charge is -1.89. The number of rotatable bonds is 1. The molecule has 0 bridgehead atoms. The number of aliphatic hydroxyl groups is 1. The fourth-order valence-corrected chi connectivity index (χ4v) is 0.652. The van der Waals surface area contributed by atoms with E-state index in [2.05, 4.69) is 20.1 Å². The van der Waals surface area contributed by atoms with Gasteiger partial charge in [0.2, 0.25) is 0 Å². The first kappa shape index (κ1) is 19.0. The molecule has 1 rings (SSSR count). The number of hydrogen-bond donors (Lipinski definition) is 1. The summed E-state index contributed by atoms with van der Waals surface area (Å²) in [7, 11) is 1.00. The van der Waals surface area contributed by atoms with Crippen LogP contribution < -0.4 is 0 Å². The Hall–Kier alpha value is -0.600. The van der Waals surface area contributed by atoms with Gasteiger partial charge in [0.25, 0.3) is 0 Å². The molecule has 1 aliphatic rings. The van der Waals surface area contributed by atoms with Crippen molar-refractivity contribution in [3.63, 3.8) is 0 Å². The molecule has 1 atom stereocenters. The first-order valence-corrected chi connectivity index (χ1v) is 4.47. The molecule has 0 aromatic heterocycles. The minimum atomic E-state index is 0. The first-order valence-electron chi connectivity index (χ1n) is 4.47. The topological polar surface area (TPSA) is 29.5 Å². The summed E-state index contributed by atoms with van der Waals surface area (Å²) in [5, 5.41) is 7.00. The van der Waals surface area contributed by atoms with E-state index >= 15 is 0 Å². The van der Waals surface area contributed by atoms with Gasteiger partial charge in [-0.25, -0.2) is 0 Å². The summed E-state index contributed by atoms with van der Waals surface area (Å²) in [6.45, 7) is 13.1. The van der Waals surface area contributed by atoms with Crippen molar-refractivity contribution in [2.45, 2.75) is 27.7 Å². The number of allylic oxidation sites excluding steroid dienone is 2. The molecular formula is C12H26O2. The van der Waals surface area contributed by atoms with Crippen molar-refractivity contribution in [2.24, 2.45) is 5.92 Å². The average Bonchev–Trinajstić information content (AvgIpc) is 2.60. The fourth-order valence-electron chi connectivity index (χ4n) is 0.652. The highest BCUT2D eigenvalue weighted by molar-refractivity contribution is 5.05. The summed E-state index contributed by atoms with van der Waals surface area (Å²) in [6, 6.07) is 0. The highest BCUT2D eigenvalue weighted by Crippen LogP contribution is 2.09. The Bertz CT molecular complexity index is 124. The Morgan fingerprint density at radius 1 is 1.50 bits per heavy atom. The van der Waals surface area contributed by atoms with Gasteiger partial charge in [0.05, 0.1) is 0 Å². The quantitative estimate of drug-likeness (QED) is 0.662. The van der Waals surface area contributed by atoms with E-state index in [1.807, 2.05) is 6.92 Å². The molecule has 2 nitrogen and oxygen atoms in total. The average molecular weight is 202 g/mol. The molecule has 14 heavy (non-hydrogen) atoms. The van der Waals surface area contributed by atoms with Crippen LogP contribution in [0.3, 0.4) is 0 Å². The van der Waals surface area contributed by atoms with Crippen molar-refractivity contribution in [1.82, 2.24) is 0 Å². The third kappa shape index (κ3) is 17.5. The van der Waals surface area contributed by atoms with Crippen LogP contribution in [0.15, 0.2) is 24.8 Å². The van der Waals surface area contributed by atoms with Crippen molar-refractivity contribution in [2.75, 3.05) is 20.3 Å². The van der Waals surface area contributed by atoms with Crippen LogP contribution in [-0.2, 0) is 4.74 Å². The van der Waals surface area contributed by atoms with Crippen molar-refractivity contribution >= 4 is 0 Å². The van der Waals surface area contributed by atoms with Crippen molar-refractivity contribution in [1.29, 1.82) is 0 Å². The van der Waals surface area contributed by atoms with E-state index in [1.54, 1.807) is 6.08 Å². The molecule has 0 spiro atoms. The molecule has 0 amide bonds. The molecule has 1 aliphatic heterocycles. The van der Waals surface area contributed by atoms with Crippen molar-refractivity contribution in [3.05, 3.63) is 24.8 Å². The first-order chi connectivity index (χ1) is 6.16. The standard InChI is InChI=1S/C5H10O.C5H8.CH4O.CH4/c1-5-2-3-6-4-5;1-4-5(2)3;1-2;/h5H,2-4H2,1H3;4H,1-2H2,3H3;2H,1H3;1H4. The van der Waals surface area contributed by atoms with Gasteiger partial charge in [0, 0.05) is 20.3 Å². The summed E-state index contributed by atoms with van der Waals surface area (Å²) < 4.78 is 5.06. The van der Waals surface area contributed by atoms with Crippen LogP contribution in [0.25, 0.3) is 0 Å². The van der Waals surface area contributed by atoms with E-state index in [9.17, 15) is 0 Å². The normalized spacial score (nSPS) is 17.6. The summed E-state index contributed by atoms with van der Waals surface area (Å²) >= 11 is 0.